The minimum atomic E-state index is 0.450. The fraction of sp³-hybridized carbons (Fsp3) is 0.333. The van der Waals surface area contributed by atoms with Crippen LogP contribution in [-0.4, -0.2) is 9.97 Å². The van der Waals surface area contributed by atoms with Crippen molar-refractivity contribution in [3.63, 3.8) is 0 Å². The van der Waals surface area contributed by atoms with Crippen LogP contribution in [0.15, 0.2) is 18.2 Å². The molecule has 110 valence electrons. The van der Waals surface area contributed by atoms with E-state index in [4.69, 9.17) is 17.4 Å². The molecule has 0 saturated heterocycles. The first kappa shape index (κ1) is 14.1. The van der Waals surface area contributed by atoms with Gasteiger partial charge in [0, 0.05) is 11.5 Å². The van der Waals surface area contributed by atoms with E-state index < -0.39 is 0 Å². The molecule has 0 atom stereocenters. The Bertz CT molecular complexity index is 682. The van der Waals surface area contributed by atoms with Crippen LogP contribution in [-0.2, 0) is 0 Å². The third kappa shape index (κ3) is 2.94. The molecule has 1 aliphatic rings. The zero-order valence-electron chi connectivity index (χ0n) is 12.1. The second-order valence-electron chi connectivity index (χ2n) is 5.43. The van der Waals surface area contributed by atoms with E-state index in [0.717, 1.165) is 41.3 Å². The van der Waals surface area contributed by atoms with Gasteiger partial charge in [-0.25, -0.2) is 15.8 Å². The Kier molecular flexibility index (Phi) is 3.69. The number of aromatic nitrogens is 2. The van der Waals surface area contributed by atoms with E-state index in [1.54, 1.807) is 0 Å². The zero-order chi connectivity index (χ0) is 15.0. The van der Waals surface area contributed by atoms with Crippen molar-refractivity contribution in [3.8, 4) is 0 Å². The molecule has 0 bridgehead atoms. The number of benzene rings is 1. The van der Waals surface area contributed by atoms with E-state index in [2.05, 4.69) is 20.7 Å². The standard InChI is InChI=1S/C15H18ClN5/c1-8-3-6-11(16)12(7-8)18-13-9(2)14(21-17)20-15(19-13)10-4-5-10/h3,6-7,10H,4-5,17H2,1-2H3,(H2,18,19,20,21). The summed E-state index contributed by atoms with van der Waals surface area (Å²) >= 11 is 6.24. The minimum absolute atomic E-state index is 0.450. The highest BCUT2D eigenvalue weighted by Gasteiger charge is 2.28. The highest BCUT2D eigenvalue weighted by atomic mass is 35.5. The van der Waals surface area contributed by atoms with Gasteiger partial charge in [-0.3, -0.25) is 0 Å². The molecule has 4 N–H and O–H groups in total. The lowest BCUT2D eigenvalue weighted by atomic mass is 10.2. The van der Waals surface area contributed by atoms with Crippen LogP contribution in [0.25, 0.3) is 0 Å². The Morgan fingerprint density at radius 2 is 1.90 bits per heavy atom. The van der Waals surface area contributed by atoms with Gasteiger partial charge in [0.1, 0.15) is 17.5 Å². The lowest BCUT2D eigenvalue weighted by Gasteiger charge is -2.14. The molecule has 1 saturated carbocycles. The molecular weight excluding hydrogens is 286 g/mol. The maximum Gasteiger partial charge on any atom is 0.148 e. The van der Waals surface area contributed by atoms with E-state index >= 15 is 0 Å². The lowest BCUT2D eigenvalue weighted by molar-refractivity contribution is 0.920. The molecule has 1 aromatic carbocycles. The van der Waals surface area contributed by atoms with E-state index in [9.17, 15) is 0 Å². The van der Waals surface area contributed by atoms with Gasteiger partial charge in [0.2, 0.25) is 0 Å². The minimum Gasteiger partial charge on any atom is -0.339 e. The van der Waals surface area contributed by atoms with Crippen molar-refractivity contribution in [2.24, 2.45) is 5.84 Å². The molecule has 1 fully saturated rings. The first-order chi connectivity index (χ1) is 10.1. The predicted molar refractivity (Wildman–Crippen MR) is 86.0 cm³/mol. The molecule has 0 radical (unpaired) electrons. The van der Waals surface area contributed by atoms with Crippen molar-refractivity contribution >= 4 is 28.9 Å². The van der Waals surface area contributed by atoms with Gasteiger partial charge < -0.3 is 10.7 Å². The Balaban J connectivity index is 2.00. The van der Waals surface area contributed by atoms with E-state index in [1.807, 2.05) is 32.0 Å². The third-order valence-corrected chi connectivity index (χ3v) is 3.95. The van der Waals surface area contributed by atoms with Crippen LogP contribution in [0, 0.1) is 13.8 Å². The van der Waals surface area contributed by atoms with Crippen molar-refractivity contribution in [1.82, 2.24) is 9.97 Å². The van der Waals surface area contributed by atoms with Gasteiger partial charge in [-0.1, -0.05) is 17.7 Å². The van der Waals surface area contributed by atoms with Gasteiger partial charge in [-0.05, 0) is 44.4 Å². The average molecular weight is 304 g/mol. The lowest BCUT2D eigenvalue weighted by Crippen LogP contribution is -2.14. The summed E-state index contributed by atoms with van der Waals surface area (Å²) in [5.41, 5.74) is 5.49. The Morgan fingerprint density at radius 3 is 2.57 bits per heavy atom. The number of rotatable bonds is 4. The topological polar surface area (TPSA) is 75.9 Å². The number of halogens is 1. The summed E-state index contributed by atoms with van der Waals surface area (Å²) in [7, 11) is 0. The number of hydrazine groups is 1. The molecular formula is C15H18ClN5. The van der Waals surface area contributed by atoms with Gasteiger partial charge in [-0.2, -0.15) is 0 Å². The summed E-state index contributed by atoms with van der Waals surface area (Å²) in [6, 6.07) is 5.85. The highest BCUT2D eigenvalue weighted by molar-refractivity contribution is 6.33. The molecule has 1 aliphatic carbocycles. The summed E-state index contributed by atoms with van der Waals surface area (Å²) in [4.78, 5) is 9.11. The Morgan fingerprint density at radius 1 is 1.19 bits per heavy atom. The summed E-state index contributed by atoms with van der Waals surface area (Å²) in [6.45, 7) is 3.95. The summed E-state index contributed by atoms with van der Waals surface area (Å²) < 4.78 is 0. The summed E-state index contributed by atoms with van der Waals surface area (Å²) in [5.74, 6) is 8.24. The highest BCUT2D eigenvalue weighted by Crippen LogP contribution is 2.40. The Hall–Kier alpha value is -1.85. The zero-order valence-corrected chi connectivity index (χ0v) is 12.8. The quantitative estimate of drug-likeness (QED) is 0.594. The van der Waals surface area contributed by atoms with Gasteiger partial charge in [0.15, 0.2) is 0 Å². The van der Waals surface area contributed by atoms with Crippen LogP contribution in [0.2, 0.25) is 5.02 Å². The normalized spacial score (nSPS) is 14.1. The SMILES string of the molecule is Cc1ccc(Cl)c(Nc2nc(C3CC3)nc(NN)c2C)c1. The van der Waals surface area contributed by atoms with Gasteiger partial charge >= 0.3 is 0 Å². The third-order valence-electron chi connectivity index (χ3n) is 3.62. The van der Waals surface area contributed by atoms with Crippen LogP contribution in [0.1, 0.15) is 35.7 Å². The number of nitrogens with one attached hydrogen (secondary N) is 2. The van der Waals surface area contributed by atoms with Crippen LogP contribution >= 0.6 is 11.6 Å². The number of nitrogen functional groups attached to an aromatic ring is 1. The molecule has 1 heterocycles. The predicted octanol–water partition coefficient (Wildman–Crippen LogP) is 3.65. The number of nitrogens with two attached hydrogens (primary N) is 1. The molecule has 5 nitrogen and oxygen atoms in total. The first-order valence-electron chi connectivity index (χ1n) is 6.97. The van der Waals surface area contributed by atoms with Crippen molar-refractivity contribution in [3.05, 3.63) is 40.2 Å². The maximum atomic E-state index is 6.24. The molecule has 0 amide bonds. The second-order valence-corrected chi connectivity index (χ2v) is 5.84. The molecule has 3 rings (SSSR count). The number of hydrogen-bond acceptors (Lipinski definition) is 5. The molecule has 21 heavy (non-hydrogen) atoms. The average Bonchev–Trinajstić information content (AvgIpc) is 3.29. The van der Waals surface area contributed by atoms with Crippen molar-refractivity contribution in [1.29, 1.82) is 0 Å². The molecule has 2 aromatic rings. The fourth-order valence-corrected chi connectivity index (χ4v) is 2.35. The van der Waals surface area contributed by atoms with Crippen LogP contribution in [0.5, 0.6) is 0 Å². The number of hydrogen-bond donors (Lipinski definition) is 3. The number of nitrogens with zero attached hydrogens (tertiary/aromatic N) is 2. The summed E-state index contributed by atoms with van der Waals surface area (Å²) in [5, 5.41) is 3.96. The van der Waals surface area contributed by atoms with Crippen molar-refractivity contribution in [2.75, 3.05) is 10.7 Å². The van der Waals surface area contributed by atoms with Crippen LogP contribution in [0.3, 0.4) is 0 Å². The number of aryl methyl sites for hydroxylation is 1. The smallest absolute Gasteiger partial charge is 0.148 e. The van der Waals surface area contributed by atoms with Crippen molar-refractivity contribution < 1.29 is 0 Å². The molecule has 0 unspecified atom stereocenters. The fourth-order valence-electron chi connectivity index (χ4n) is 2.18. The van der Waals surface area contributed by atoms with E-state index in [-0.39, 0.29) is 0 Å². The monoisotopic (exact) mass is 303 g/mol. The van der Waals surface area contributed by atoms with Gasteiger partial charge in [0.25, 0.3) is 0 Å². The van der Waals surface area contributed by atoms with E-state index in [1.165, 1.54) is 0 Å². The maximum absolute atomic E-state index is 6.24. The van der Waals surface area contributed by atoms with Crippen molar-refractivity contribution in [2.45, 2.75) is 32.6 Å². The summed E-state index contributed by atoms with van der Waals surface area (Å²) in [6.07, 6.45) is 2.27. The largest absolute Gasteiger partial charge is 0.339 e. The van der Waals surface area contributed by atoms with Crippen LogP contribution in [0.4, 0.5) is 17.3 Å². The Labute approximate surface area is 128 Å². The molecule has 6 heteroatoms. The van der Waals surface area contributed by atoms with Gasteiger partial charge in [-0.15, -0.1) is 0 Å². The second kappa shape index (κ2) is 5.50. The molecule has 0 spiro atoms. The van der Waals surface area contributed by atoms with Gasteiger partial charge in [0.05, 0.1) is 10.7 Å². The van der Waals surface area contributed by atoms with E-state index in [0.29, 0.717) is 16.8 Å². The number of anilines is 3. The van der Waals surface area contributed by atoms with Crippen LogP contribution < -0.4 is 16.6 Å². The molecule has 0 aliphatic heterocycles. The first-order valence-corrected chi connectivity index (χ1v) is 7.34. The molecule has 1 aromatic heterocycles.